The van der Waals surface area contributed by atoms with Gasteiger partial charge in [0.2, 0.25) is 0 Å². The summed E-state index contributed by atoms with van der Waals surface area (Å²) >= 11 is 0. The largest absolute Gasteiger partial charge is 0.297 e. The van der Waals surface area contributed by atoms with E-state index in [4.69, 9.17) is 0 Å². The predicted octanol–water partition coefficient (Wildman–Crippen LogP) is 3.95. The Morgan fingerprint density at radius 2 is 2.12 bits per heavy atom. The van der Waals surface area contributed by atoms with Crippen LogP contribution in [0.3, 0.4) is 0 Å². The average molecular weight is 224 g/mol. The van der Waals surface area contributed by atoms with E-state index in [-0.39, 0.29) is 0 Å². The number of aryl methyl sites for hydroxylation is 1. The number of imidazole rings is 1. The summed E-state index contributed by atoms with van der Waals surface area (Å²) in [6, 6.07) is 8.16. The first kappa shape index (κ1) is 11.4. The van der Waals surface area contributed by atoms with Gasteiger partial charge < -0.3 is 0 Å². The fourth-order valence-corrected chi connectivity index (χ4v) is 1.94. The Labute approximate surface area is 102 Å². The molecule has 0 fully saturated rings. The van der Waals surface area contributed by atoms with Crippen LogP contribution in [0.5, 0.6) is 0 Å². The Morgan fingerprint density at radius 3 is 2.82 bits per heavy atom. The highest BCUT2D eigenvalue weighted by atomic mass is 15.1. The van der Waals surface area contributed by atoms with Crippen molar-refractivity contribution in [3.8, 4) is 0 Å². The van der Waals surface area contributed by atoms with E-state index in [0.29, 0.717) is 0 Å². The molecule has 1 aromatic carbocycles. The number of allylic oxidation sites excluding steroid dienone is 5. The van der Waals surface area contributed by atoms with Crippen molar-refractivity contribution in [3.63, 3.8) is 0 Å². The third kappa shape index (κ3) is 2.07. The lowest BCUT2D eigenvalue weighted by molar-refractivity contribution is 1.03. The molecule has 0 aliphatic rings. The normalized spacial score (nSPS) is 12.5. The molecular formula is C15H16N2. The van der Waals surface area contributed by atoms with Gasteiger partial charge in [0, 0.05) is 5.70 Å². The van der Waals surface area contributed by atoms with E-state index in [9.17, 15) is 0 Å². The third-order valence-corrected chi connectivity index (χ3v) is 2.69. The second kappa shape index (κ2) is 4.83. The number of aromatic nitrogens is 2. The highest BCUT2D eigenvalue weighted by Gasteiger charge is 2.07. The van der Waals surface area contributed by atoms with Gasteiger partial charge >= 0.3 is 0 Å². The van der Waals surface area contributed by atoms with Crippen LogP contribution in [0.25, 0.3) is 16.7 Å². The molecule has 0 aliphatic carbocycles. The second-order valence-corrected chi connectivity index (χ2v) is 3.79. The van der Waals surface area contributed by atoms with Gasteiger partial charge in [-0.3, -0.25) is 4.57 Å². The Hall–Kier alpha value is -2.09. The zero-order valence-electron chi connectivity index (χ0n) is 10.2. The third-order valence-electron chi connectivity index (χ3n) is 2.69. The van der Waals surface area contributed by atoms with E-state index in [1.54, 1.807) is 6.08 Å². The topological polar surface area (TPSA) is 17.8 Å². The molecule has 0 N–H and O–H groups in total. The minimum Gasteiger partial charge on any atom is -0.297 e. The lowest BCUT2D eigenvalue weighted by Crippen LogP contribution is -1.97. The van der Waals surface area contributed by atoms with Crippen molar-refractivity contribution in [1.29, 1.82) is 0 Å². The smallest absolute Gasteiger partial charge is 0.111 e. The molecule has 0 bridgehead atoms. The minimum absolute atomic E-state index is 0.994. The molecule has 0 saturated carbocycles. The molecule has 2 rings (SSSR count). The summed E-state index contributed by atoms with van der Waals surface area (Å²) in [7, 11) is 0. The summed E-state index contributed by atoms with van der Waals surface area (Å²) in [6.07, 6.45) is 7.82. The van der Waals surface area contributed by atoms with E-state index >= 15 is 0 Å². The number of para-hydroxylation sites is 2. The van der Waals surface area contributed by atoms with Gasteiger partial charge in [0.25, 0.3) is 0 Å². The highest BCUT2D eigenvalue weighted by molar-refractivity contribution is 5.81. The van der Waals surface area contributed by atoms with Crippen LogP contribution in [0.15, 0.2) is 55.1 Å². The van der Waals surface area contributed by atoms with Gasteiger partial charge in [0.05, 0.1) is 11.0 Å². The van der Waals surface area contributed by atoms with Crippen LogP contribution in [0.2, 0.25) is 0 Å². The average Bonchev–Trinajstić information content (AvgIpc) is 2.67. The van der Waals surface area contributed by atoms with Crippen molar-refractivity contribution in [3.05, 3.63) is 61.0 Å². The Morgan fingerprint density at radius 1 is 1.35 bits per heavy atom. The summed E-state index contributed by atoms with van der Waals surface area (Å²) in [5.74, 6) is 0.994. The van der Waals surface area contributed by atoms with Crippen LogP contribution in [0.1, 0.15) is 12.7 Å². The number of rotatable bonds is 3. The molecule has 0 unspecified atom stereocenters. The zero-order valence-corrected chi connectivity index (χ0v) is 10.2. The summed E-state index contributed by atoms with van der Waals surface area (Å²) in [5, 5.41) is 0. The number of hydrogen-bond acceptors (Lipinski definition) is 1. The molecule has 86 valence electrons. The lowest BCUT2D eigenvalue weighted by Gasteiger charge is -2.07. The molecule has 0 aliphatic heterocycles. The number of hydrogen-bond donors (Lipinski definition) is 0. The van der Waals surface area contributed by atoms with Crippen LogP contribution in [0, 0.1) is 6.92 Å². The van der Waals surface area contributed by atoms with Gasteiger partial charge in [0.15, 0.2) is 0 Å². The van der Waals surface area contributed by atoms with Crippen molar-refractivity contribution >= 4 is 16.7 Å². The van der Waals surface area contributed by atoms with Gasteiger partial charge in [-0.25, -0.2) is 4.98 Å². The Balaban J connectivity index is 2.65. The number of nitrogens with zero attached hydrogens (tertiary/aromatic N) is 2. The molecule has 2 nitrogen and oxygen atoms in total. The number of benzene rings is 1. The fourth-order valence-electron chi connectivity index (χ4n) is 1.94. The molecule has 0 atom stereocenters. The Kier molecular flexibility index (Phi) is 3.24. The minimum atomic E-state index is 0.994. The highest BCUT2D eigenvalue weighted by Crippen LogP contribution is 2.20. The van der Waals surface area contributed by atoms with Crippen molar-refractivity contribution in [2.45, 2.75) is 13.8 Å². The van der Waals surface area contributed by atoms with Gasteiger partial charge in [-0.2, -0.15) is 0 Å². The van der Waals surface area contributed by atoms with Gasteiger partial charge in [-0.05, 0) is 32.1 Å². The summed E-state index contributed by atoms with van der Waals surface area (Å²) in [5.41, 5.74) is 3.26. The molecular weight excluding hydrogens is 208 g/mol. The maximum absolute atomic E-state index is 4.55. The van der Waals surface area contributed by atoms with E-state index in [0.717, 1.165) is 22.6 Å². The van der Waals surface area contributed by atoms with E-state index in [1.807, 2.05) is 44.2 Å². The van der Waals surface area contributed by atoms with Gasteiger partial charge in [-0.15, -0.1) is 0 Å². The maximum Gasteiger partial charge on any atom is 0.111 e. The predicted molar refractivity (Wildman–Crippen MR) is 73.8 cm³/mol. The summed E-state index contributed by atoms with van der Waals surface area (Å²) in [4.78, 5) is 4.55. The monoisotopic (exact) mass is 224 g/mol. The molecule has 1 heterocycles. The molecule has 1 aromatic heterocycles. The first-order valence-electron chi connectivity index (χ1n) is 5.67. The summed E-state index contributed by atoms with van der Waals surface area (Å²) in [6.45, 7) is 7.74. The van der Waals surface area contributed by atoms with E-state index in [1.165, 1.54) is 0 Å². The zero-order chi connectivity index (χ0) is 12.3. The van der Waals surface area contributed by atoms with Crippen molar-refractivity contribution in [2.75, 3.05) is 0 Å². The van der Waals surface area contributed by atoms with Crippen molar-refractivity contribution < 1.29 is 0 Å². The quantitative estimate of drug-likeness (QED) is 0.722. The maximum atomic E-state index is 4.55. The van der Waals surface area contributed by atoms with Gasteiger partial charge in [-0.1, -0.05) is 36.9 Å². The SMILES string of the molecule is C=C/C=C\C(=C/C)n1c(C)nc2ccccc21. The molecule has 2 aromatic rings. The first-order valence-corrected chi connectivity index (χ1v) is 5.67. The van der Waals surface area contributed by atoms with E-state index in [2.05, 4.69) is 28.3 Å². The first-order chi connectivity index (χ1) is 8.27. The molecule has 0 amide bonds. The second-order valence-electron chi connectivity index (χ2n) is 3.79. The van der Waals surface area contributed by atoms with Crippen LogP contribution in [-0.2, 0) is 0 Å². The fraction of sp³-hybridized carbons (Fsp3) is 0.133. The lowest BCUT2D eigenvalue weighted by atomic mass is 10.3. The van der Waals surface area contributed by atoms with Gasteiger partial charge in [0.1, 0.15) is 5.82 Å². The Bertz CT molecular complexity index is 600. The summed E-state index contributed by atoms with van der Waals surface area (Å²) < 4.78 is 2.15. The van der Waals surface area contributed by atoms with Crippen LogP contribution in [-0.4, -0.2) is 9.55 Å². The molecule has 0 spiro atoms. The molecule has 2 heteroatoms. The van der Waals surface area contributed by atoms with Crippen molar-refractivity contribution in [2.24, 2.45) is 0 Å². The van der Waals surface area contributed by atoms with Crippen LogP contribution < -0.4 is 0 Å². The standard InChI is InChI=1S/C15H16N2/c1-4-6-9-13(5-2)17-12(3)16-14-10-7-8-11-15(14)17/h4-11H,1H2,2-3H3/b9-6-,13-5+. The van der Waals surface area contributed by atoms with E-state index < -0.39 is 0 Å². The molecule has 0 radical (unpaired) electrons. The van der Waals surface area contributed by atoms with Crippen molar-refractivity contribution in [1.82, 2.24) is 9.55 Å². The molecule has 0 saturated heterocycles. The van der Waals surface area contributed by atoms with Crippen LogP contribution in [0.4, 0.5) is 0 Å². The number of fused-ring (bicyclic) bond motifs is 1. The molecule has 17 heavy (non-hydrogen) atoms. The van der Waals surface area contributed by atoms with Crippen LogP contribution >= 0.6 is 0 Å².